The Hall–Kier alpha value is -4.76. The Labute approximate surface area is 314 Å². The Morgan fingerprint density at radius 3 is 2.36 bits per heavy atom. The number of urea groups is 1. The lowest BCUT2D eigenvalue weighted by Crippen LogP contribution is -2.47. The molecule has 53 heavy (non-hydrogen) atoms. The van der Waals surface area contributed by atoms with Crippen LogP contribution in [0.2, 0.25) is 0 Å². The van der Waals surface area contributed by atoms with Gasteiger partial charge >= 0.3 is 6.03 Å². The van der Waals surface area contributed by atoms with Crippen molar-refractivity contribution >= 4 is 41.4 Å². The monoisotopic (exact) mass is 741 g/mol. The predicted octanol–water partition coefficient (Wildman–Crippen LogP) is 3.40. The van der Waals surface area contributed by atoms with Gasteiger partial charge in [-0.05, 0) is 48.9 Å². The highest BCUT2D eigenvalue weighted by molar-refractivity contribution is 5.85. The smallest absolute Gasteiger partial charge is 0.315 e. The van der Waals surface area contributed by atoms with Crippen molar-refractivity contribution in [2.75, 3.05) is 42.9 Å². The van der Waals surface area contributed by atoms with E-state index in [1.54, 1.807) is 11.0 Å². The fourth-order valence-electron chi connectivity index (χ4n) is 7.93. The molecular formula is C38H48ClN11O3. The maximum absolute atomic E-state index is 12.8. The van der Waals surface area contributed by atoms with E-state index < -0.39 is 24.3 Å². The van der Waals surface area contributed by atoms with E-state index in [-0.39, 0.29) is 36.4 Å². The van der Waals surface area contributed by atoms with Crippen LogP contribution in [0.15, 0.2) is 79.4 Å². The van der Waals surface area contributed by atoms with Gasteiger partial charge in [-0.3, -0.25) is 4.68 Å². The number of imidazole rings is 1. The second kappa shape index (κ2) is 16.1. The molecule has 3 aromatic heterocycles. The van der Waals surface area contributed by atoms with Gasteiger partial charge in [0.2, 0.25) is 5.95 Å². The third-order valence-electron chi connectivity index (χ3n) is 10.9. The molecule has 2 saturated heterocycles. The average molecular weight is 742 g/mol. The zero-order valence-corrected chi connectivity index (χ0v) is 30.6. The van der Waals surface area contributed by atoms with Crippen molar-refractivity contribution in [3.05, 3.63) is 96.1 Å². The first-order valence-electron chi connectivity index (χ1n) is 18.4. The van der Waals surface area contributed by atoms with E-state index in [9.17, 15) is 15.0 Å². The molecule has 14 nitrogen and oxygen atoms in total. The van der Waals surface area contributed by atoms with Gasteiger partial charge in [0.15, 0.2) is 17.0 Å². The first kappa shape index (κ1) is 36.6. The number of aliphatic hydroxyl groups is 2. The Balaban J connectivity index is 0.00000435. The number of aliphatic hydroxyl groups excluding tert-OH is 2. The first-order chi connectivity index (χ1) is 25.4. The molecule has 2 amide bonds. The molecule has 3 fully saturated rings. The van der Waals surface area contributed by atoms with E-state index >= 15 is 0 Å². The van der Waals surface area contributed by atoms with Gasteiger partial charge in [0.25, 0.3) is 0 Å². The number of nitrogens with one attached hydrogen (secondary N) is 4. The average Bonchev–Trinajstić information content (AvgIpc) is 4.02. The number of halogens is 1. The highest BCUT2D eigenvalue weighted by Gasteiger charge is 2.44. The molecule has 280 valence electrons. The van der Waals surface area contributed by atoms with Crippen molar-refractivity contribution in [1.82, 2.24) is 45.2 Å². The summed E-state index contributed by atoms with van der Waals surface area (Å²) in [5.41, 5.74) is 4.58. The third kappa shape index (κ3) is 7.67. The van der Waals surface area contributed by atoms with Crippen LogP contribution in [0.5, 0.6) is 0 Å². The largest absolute Gasteiger partial charge is 0.388 e. The predicted molar refractivity (Wildman–Crippen MR) is 206 cm³/mol. The number of aryl methyl sites for hydroxylation is 1. The molecule has 0 bridgehead atoms. The van der Waals surface area contributed by atoms with Gasteiger partial charge in [-0.1, -0.05) is 67.6 Å². The number of nitrogens with zero attached hydrogens (tertiary/aromatic N) is 7. The Kier molecular flexibility index (Phi) is 11.1. The van der Waals surface area contributed by atoms with E-state index in [0.29, 0.717) is 49.0 Å². The number of amides is 2. The number of aromatic nitrogens is 6. The van der Waals surface area contributed by atoms with Crippen molar-refractivity contribution in [1.29, 1.82) is 0 Å². The molecule has 6 N–H and O–H groups in total. The molecule has 2 aromatic carbocycles. The summed E-state index contributed by atoms with van der Waals surface area (Å²) in [5, 5.41) is 40.3. The van der Waals surface area contributed by atoms with Crippen LogP contribution in [0.25, 0.3) is 11.2 Å². The van der Waals surface area contributed by atoms with Crippen LogP contribution in [0, 0.1) is 0 Å². The van der Waals surface area contributed by atoms with Crippen LogP contribution in [0.3, 0.4) is 0 Å². The van der Waals surface area contributed by atoms with Crippen LogP contribution >= 0.6 is 12.4 Å². The summed E-state index contributed by atoms with van der Waals surface area (Å²) >= 11 is 0. The minimum atomic E-state index is -1.05. The number of anilines is 2. The molecule has 2 aliphatic heterocycles. The molecule has 15 heteroatoms. The van der Waals surface area contributed by atoms with Gasteiger partial charge < -0.3 is 40.9 Å². The zero-order chi connectivity index (χ0) is 35.6. The molecular weight excluding hydrogens is 694 g/mol. The summed E-state index contributed by atoms with van der Waals surface area (Å²) in [6.07, 6.45) is 6.34. The molecule has 1 aliphatic carbocycles. The minimum Gasteiger partial charge on any atom is -0.388 e. The van der Waals surface area contributed by atoms with Crippen LogP contribution in [-0.4, -0.2) is 103 Å². The zero-order valence-electron chi connectivity index (χ0n) is 29.8. The molecule has 0 radical (unpaired) electrons. The van der Waals surface area contributed by atoms with Crippen molar-refractivity contribution in [2.24, 2.45) is 0 Å². The van der Waals surface area contributed by atoms with E-state index in [4.69, 9.17) is 15.0 Å². The van der Waals surface area contributed by atoms with E-state index in [1.165, 1.54) is 11.1 Å². The Morgan fingerprint density at radius 1 is 0.962 bits per heavy atom. The molecule has 5 aromatic rings. The highest BCUT2D eigenvalue weighted by Crippen LogP contribution is 2.40. The molecule has 8 rings (SSSR count). The van der Waals surface area contributed by atoms with Gasteiger partial charge in [0, 0.05) is 50.4 Å². The lowest BCUT2D eigenvalue weighted by atomic mass is 9.91. The van der Waals surface area contributed by atoms with Crippen LogP contribution in [0.4, 0.5) is 16.6 Å². The molecule has 0 spiro atoms. The summed E-state index contributed by atoms with van der Waals surface area (Å²) in [4.78, 5) is 29.8. The van der Waals surface area contributed by atoms with Crippen LogP contribution in [-0.2, 0) is 6.42 Å². The lowest BCUT2D eigenvalue weighted by Gasteiger charge is -2.22. The fraction of sp³-hybridized carbons (Fsp3) is 0.447. The van der Waals surface area contributed by atoms with Gasteiger partial charge in [-0.15, -0.1) is 12.4 Å². The number of benzene rings is 2. The quantitative estimate of drug-likeness (QED) is 0.118. The molecule has 1 saturated carbocycles. The normalized spacial score (nSPS) is 24.1. The standard InChI is InChI=1S/C38H47N11O3.ClH/c1-2-24-18-42-49(21-24)31-17-30(33(50)34(31)51)48-23-41-32-35(40-20-29(25-9-5-3-6-10-25)26-11-7-4-8-12-26)45-37(46-36(32)48)47-16-14-28(22-47)44-38(52)43-27-13-15-39-19-27;/h3-12,18,21,23,27-31,33-34,39,50-51H,2,13-17,19-20,22H2,1H3,(H,40,45,46)(H2,43,44,52);1H/t27?,28-,30-,31+,33+,34-;/m1./s1. The van der Waals surface area contributed by atoms with E-state index in [0.717, 1.165) is 37.9 Å². The van der Waals surface area contributed by atoms with E-state index in [1.807, 2.05) is 29.1 Å². The minimum absolute atomic E-state index is 0. The number of carbonyl (C=O) groups is 1. The summed E-state index contributed by atoms with van der Waals surface area (Å²) in [6.45, 7) is 5.53. The second-order valence-corrected chi connectivity index (χ2v) is 14.2. The number of hydrogen-bond donors (Lipinski definition) is 6. The van der Waals surface area contributed by atoms with Crippen molar-refractivity contribution < 1.29 is 15.0 Å². The molecule has 1 unspecified atom stereocenters. The summed E-state index contributed by atoms with van der Waals surface area (Å²) in [6, 6.07) is 19.8. The number of carbonyl (C=O) groups excluding carboxylic acids is 1. The maximum Gasteiger partial charge on any atom is 0.315 e. The number of rotatable bonds is 11. The number of hydrogen-bond acceptors (Lipinski definition) is 10. The van der Waals surface area contributed by atoms with E-state index in [2.05, 4.69) is 86.7 Å². The molecule has 6 atom stereocenters. The van der Waals surface area contributed by atoms with Crippen molar-refractivity contribution in [3.8, 4) is 0 Å². The number of fused-ring (bicyclic) bond motifs is 1. The second-order valence-electron chi connectivity index (χ2n) is 14.2. The van der Waals surface area contributed by atoms with Crippen molar-refractivity contribution in [3.63, 3.8) is 0 Å². The summed E-state index contributed by atoms with van der Waals surface area (Å²) in [5.74, 6) is 1.14. The first-order valence-corrected chi connectivity index (χ1v) is 18.4. The Morgan fingerprint density at radius 2 is 1.68 bits per heavy atom. The SMILES string of the molecule is CCc1cnn([C@H]2C[C@@H](n3cnc4c(NCC(c5ccccc5)c5ccccc5)nc(N5CC[C@@H](NC(=O)NC6CCNC6)C5)nc43)[C@H](O)[C@@H]2O)c1.Cl. The molecule has 5 heterocycles. The fourth-order valence-corrected chi connectivity index (χ4v) is 7.93. The Bertz CT molecular complexity index is 1930. The van der Waals surface area contributed by atoms with Gasteiger partial charge in [-0.25, -0.2) is 9.78 Å². The van der Waals surface area contributed by atoms with Gasteiger partial charge in [0.05, 0.1) is 24.6 Å². The summed E-state index contributed by atoms with van der Waals surface area (Å²) in [7, 11) is 0. The highest BCUT2D eigenvalue weighted by atomic mass is 35.5. The lowest BCUT2D eigenvalue weighted by molar-refractivity contribution is 0.00721. The van der Waals surface area contributed by atoms with Crippen LogP contribution < -0.4 is 26.2 Å². The van der Waals surface area contributed by atoms with Crippen molar-refractivity contribution in [2.45, 2.75) is 74.9 Å². The molecule has 3 aliphatic rings. The topological polar surface area (TPSA) is 170 Å². The summed E-state index contributed by atoms with van der Waals surface area (Å²) < 4.78 is 3.65. The van der Waals surface area contributed by atoms with Gasteiger partial charge in [0.1, 0.15) is 12.2 Å². The van der Waals surface area contributed by atoms with Gasteiger partial charge in [-0.2, -0.15) is 15.1 Å². The van der Waals surface area contributed by atoms with Crippen LogP contribution in [0.1, 0.15) is 60.9 Å². The maximum atomic E-state index is 12.8. The third-order valence-corrected chi connectivity index (χ3v) is 10.9.